The molecule has 3 rings (SSSR count). The molecule has 0 bridgehead atoms. The molecule has 1 aromatic carbocycles. The van der Waals surface area contributed by atoms with Crippen LogP contribution in [0.25, 0.3) is 11.0 Å². The standard InChI is InChI=1S/C18H28N4/c1-15-6-7-16-17(14-15)21-18(20-16)8-10-19-9-2-3-11-22-12-4-5-13-22/h6-7,14,19H,2-5,8-13H2,1H3,(H,20,21). The Balaban J connectivity index is 1.30. The molecule has 1 fully saturated rings. The number of unbranched alkanes of at least 4 members (excludes halogenated alkanes) is 1. The fourth-order valence-corrected chi connectivity index (χ4v) is 3.22. The SMILES string of the molecule is Cc1ccc2nc(CCNCCCCN3CCCC3)[nH]c2c1. The van der Waals surface area contributed by atoms with Crippen LogP contribution in [-0.4, -0.2) is 47.6 Å². The Bertz CT molecular complexity index is 584. The van der Waals surface area contributed by atoms with Gasteiger partial charge in [0.2, 0.25) is 0 Å². The minimum Gasteiger partial charge on any atom is -0.342 e. The second kappa shape index (κ2) is 7.75. The van der Waals surface area contributed by atoms with Crippen molar-refractivity contribution in [3.8, 4) is 0 Å². The molecule has 2 heterocycles. The molecule has 0 atom stereocenters. The summed E-state index contributed by atoms with van der Waals surface area (Å²) in [7, 11) is 0. The summed E-state index contributed by atoms with van der Waals surface area (Å²) in [6, 6.07) is 6.37. The number of likely N-dealkylation sites (tertiary alicyclic amines) is 1. The van der Waals surface area contributed by atoms with Gasteiger partial charge in [0.25, 0.3) is 0 Å². The third-order valence-corrected chi connectivity index (χ3v) is 4.50. The predicted molar refractivity (Wildman–Crippen MR) is 92.3 cm³/mol. The zero-order valence-corrected chi connectivity index (χ0v) is 13.7. The fraction of sp³-hybridized carbons (Fsp3) is 0.611. The van der Waals surface area contributed by atoms with Gasteiger partial charge < -0.3 is 15.2 Å². The van der Waals surface area contributed by atoms with Crippen LogP contribution in [0.1, 0.15) is 37.1 Å². The minimum atomic E-state index is 0.972. The molecule has 2 aromatic rings. The van der Waals surface area contributed by atoms with E-state index in [4.69, 9.17) is 0 Å². The average Bonchev–Trinajstić information content (AvgIpc) is 3.14. The lowest BCUT2D eigenvalue weighted by atomic mass is 10.2. The molecule has 120 valence electrons. The molecule has 0 amide bonds. The zero-order valence-electron chi connectivity index (χ0n) is 13.7. The summed E-state index contributed by atoms with van der Waals surface area (Å²) in [5.74, 6) is 1.09. The van der Waals surface area contributed by atoms with Crippen LogP contribution in [0.2, 0.25) is 0 Å². The van der Waals surface area contributed by atoms with E-state index in [0.29, 0.717) is 0 Å². The molecule has 0 saturated carbocycles. The van der Waals surface area contributed by atoms with Gasteiger partial charge in [-0.05, 0) is 76.5 Å². The fourth-order valence-electron chi connectivity index (χ4n) is 3.22. The third kappa shape index (κ3) is 4.31. The maximum atomic E-state index is 4.64. The number of nitrogens with one attached hydrogen (secondary N) is 2. The van der Waals surface area contributed by atoms with Crippen molar-refractivity contribution in [3.63, 3.8) is 0 Å². The highest BCUT2D eigenvalue weighted by Crippen LogP contribution is 2.13. The lowest BCUT2D eigenvalue weighted by molar-refractivity contribution is 0.329. The van der Waals surface area contributed by atoms with Gasteiger partial charge in [0.15, 0.2) is 0 Å². The Morgan fingerprint density at radius 3 is 2.91 bits per heavy atom. The van der Waals surface area contributed by atoms with Crippen molar-refractivity contribution in [1.29, 1.82) is 0 Å². The largest absolute Gasteiger partial charge is 0.342 e. The van der Waals surface area contributed by atoms with E-state index in [1.165, 1.54) is 50.9 Å². The van der Waals surface area contributed by atoms with Gasteiger partial charge in [-0.2, -0.15) is 0 Å². The Kier molecular flexibility index (Phi) is 5.46. The van der Waals surface area contributed by atoms with Crippen molar-refractivity contribution in [2.24, 2.45) is 0 Å². The molecule has 1 aliphatic heterocycles. The van der Waals surface area contributed by atoms with E-state index in [1.54, 1.807) is 0 Å². The first-order valence-corrected chi connectivity index (χ1v) is 8.69. The highest BCUT2D eigenvalue weighted by atomic mass is 15.1. The molecule has 0 radical (unpaired) electrons. The Morgan fingerprint density at radius 2 is 2.05 bits per heavy atom. The molecule has 0 spiro atoms. The highest BCUT2D eigenvalue weighted by molar-refractivity contribution is 5.75. The van der Waals surface area contributed by atoms with E-state index in [-0.39, 0.29) is 0 Å². The molecular weight excluding hydrogens is 272 g/mol. The number of aromatic amines is 1. The van der Waals surface area contributed by atoms with Crippen LogP contribution in [0.4, 0.5) is 0 Å². The number of benzene rings is 1. The van der Waals surface area contributed by atoms with Gasteiger partial charge in [-0.25, -0.2) is 4.98 Å². The number of imidazole rings is 1. The number of nitrogens with zero attached hydrogens (tertiary/aromatic N) is 2. The number of hydrogen-bond donors (Lipinski definition) is 2. The van der Waals surface area contributed by atoms with Crippen LogP contribution >= 0.6 is 0 Å². The molecule has 1 aliphatic rings. The van der Waals surface area contributed by atoms with Crippen molar-refractivity contribution in [3.05, 3.63) is 29.6 Å². The van der Waals surface area contributed by atoms with Crippen molar-refractivity contribution in [1.82, 2.24) is 20.2 Å². The van der Waals surface area contributed by atoms with Crippen molar-refractivity contribution >= 4 is 11.0 Å². The normalized spacial score (nSPS) is 15.9. The van der Waals surface area contributed by atoms with E-state index < -0.39 is 0 Å². The topological polar surface area (TPSA) is 44.0 Å². The molecule has 4 nitrogen and oxygen atoms in total. The zero-order chi connectivity index (χ0) is 15.2. The van der Waals surface area contributed by atoms with Gasteiger partial charge in [-0.3, -0.25) is 0 Å². The Labute approximate surface area is 133 Å². The minimum absolute atomic E-state index is 0.972. The lowest BCUT2D eigenvalue weighted by Gasteiger charge is -2.13. The Morgan fingerprint density at radius 1 is 1.18 bits per heavy atom. The summed E-state index contributed by atoms with van der Waals surface area (Å²) >= 11 is 0. The van der Waals surface area contributed by atoms with Gasteiger partial charge >= 0.3 is 0 Å². The number of aromatic nitrogens is 2. The monoisotopic (exact) mass is 300 g/mol. The van der Waals surface area contributed by atoms with Crippen LogP contribution in [0.5, 0.6) is 0 Å². The van der Waals surface area contributed by atoms with Crippen molar-refractivity contribution in [2.75, 3.05) is 32.7 Å². The summed E-state index contributed by atoms with van der Waals surface area (Å²) in [6.07, 6.45) is 6.36. The van der Waals surface area contributed by atoms with Crippen LogP contribution in [0.3, 0.4) is 0 Å². The predicted octanol–water partition coefficient (Wildman–Crippen LogP) is 2.88. The maximum Gasteiger partial charge on any atom is 0.108 e. The maximum absolute atomic E-state index is 4.64. The molecule has 1 saturated heterocycles. The summed E-state index contributed by atoms with van der Waals surface area (Å²) in [6.45, 7) is 8.15. The number of aryl methyl sites for hydroxylation is 1. The van der Waals surface area contributed by atoms with Gasteiger partial charge in [-0.1, -0.05) is 6.07 Å². The van der Waals surface area contributed by atoms with E-state index >= 15 is 0 Å². The first kappa shape index (κ1) is 15.5. The average molecular weight is 300 g/mol. The molecule has 0 unspecified atom stereocenters. The summed E-state index contributed by atoms with van der Waals surface area (Å²) in [4.78, 5) is 10.6. The smallest absolute Gasteiger partial charge is 0.108 e. The van der Waals surface area contributed by atoms with E-state index in [2.05, 4.69) is 45.3 Å². The summed E-state index contributed by atoms with van der Waals surface area (Å²) < 4.78 is 0. The van der Waals surface area contributed by atoms with Crippen molar-refractivity contribution in [2.45, 2.75) is 39.0 Å². The van der Waals surface area contributed by atoms with Gasteiger partial charge in [0.05, 0.1) is 11.0 Å². The first-order chi connectivity index (χ1) is 10.8. The molecule has 1 aromatic heterocycles. The van der Waals surface area contributed by atoms with Crippen LogP contribution < -0.4 is 5.32 Å². The van der Waals surface area contributed by atoms with E-state index in [1.807, 2.05) is 0 Å². The second-order valence-electron chi connectivity index (χ2n) is 6.46. The van der Waals surface area contributed by atoms with Gasteiger partial charge in [0, 0.05) is 13.0 Å². The molecule has 4 heteroatoms. The number of fused-ring (bicyclic) bond motifs is 1. The lowest BCUT2D eigenvalue weighted by Crippen LogP contribution is -2.23. The summed E-state index contributed by atoms with van der Waals surface area (Å²) in [5, 5.41) is 3.54. The van der Waals surface area contributed by atoms with Crippen LogP contribution in [0, 0.1) is 6.92 Å². The summed E-state index contributed by atoms with van der Waals surface area (Å²) in [5.41, 5.74) is 3.51. The molecule has 0 aliphatic carbocycles. The molecule has 2 N–H and O–H groups in total. The first-order valence-electron chi connectivity index (χ1n) is 8.69. The molecular formula is C18H28N4. The van der Waals surface area contributed by atoms with Gasteiger partial charge in [0.1, 0.15) is 5.82 Å². The van der Waals surface area contributed by atoms with Crippen LogP contribution in [-0.2, 0) is 6.42 Å². The van der Waals surface area contributed by atoms with Crippen LogP contribution in [0.15, 0.2) is 18.2 Å². The second-order valence-corrected chi connectivity index (χ2v) is 6.46. The highest BCUT2D eigenvalue weighted by Gasteiger charge is 2.09. The molecule has 22 heavy (non-hydrogen) atoms. The Hall–Kier alpha value is -1.39. The van der Waals surface area contributed by atoms with Gasteiger partial charge in [-0.15, -0.1) is 0 Å². The number of hydrogen-bond acceptors (Lipinski definition) is 3. The number of rotatable bonds is 8. The van der Waals surface area contributed by atoms with Crippen molar-refractivity contribution < 1.29 is 0 Å². The third-order valence-electron chi connectivity index (χ3n) is 4.50. The quantitative estimate of drug-likeness (QED) is 0.737. The van der Waals surface area contributed by atoms with E-state index in [0.717, 1.165) is 36.4 Å². The van der Waals surface area contributed by atoms with E-state index in [9.17, 15) is 0 Å². The number of H-pyrrole nitrogens is 1.